The minimum atomic E-state index is -0.0859. The fourth-order valence-corrected chi connectivity index (χ4v) is 3.13. The normalized spacial score (nSPS) is 13.8. The Morgan fingerprint density at radius 1 is 1.33 bits per heavy atom. The number of nitrogens with zero attached hydrogens (tertiary/aromatic N) is 3. The van der Waals surface area contributed by atoms with Crippen molar-refractivity contribution in [3.8, 4) is 10.7 Å². The Kier molecular flexibility index (Phi) is 4.08. The van der Waals surface area contributed by atoms with Gasteiger partial charge >= 0.3 is 0 Å². The van der Waals surface area contributed by atoms with Gasteiger partial charge in [-0.15, -0.1) is 11.3 Å². The molecule has 0 unspecified atom stereocenters. The summed E-state index contributed by atoms with van der Waals surface area (Å²) >= 11 is 1.49. The van der Waals surface area contributed by atoms with Gasteiger partial charge < -0.3 is 9.73 Å². The third kappa shape index (κ3) is 3.51. The van der Waals surface area contributed by atoms with E-state index in [-0.39, 0.29) is 12.3 Å². The summed E-state index contributed by atoms with van der Waals surface area (Å²) in [6.45, 7) is 0.357. The maximum absolute atomic E-state index is 12.1. The Morgan fingerprint density at radius 2 is 2.25 bits per heavy atom. The molecule has 1 amide bonds. The van der Waals surface area contributed by atoms with Gasteiger partial charge in [0.15, 0.2) is 5.89 Å². The summed E-state index contributed by atoms with van der Waals surface area (Å²) in [5.41, 5.74) is 1.57. The Labute approximate surface area is 143 Å². The van der Waals surface area contributed by atoms with Crippen molar-refractivity contribution in [3.05, 3.63) is 53.3 Å². The molecule has 7 heteroatoms. The molecule has 1 aliphatic rings. The van der Waals surface area contributed by atoms with Gasteiger partial charge in [0.25, 0.3) is 0 Å². The molecular formula is C17H16N4O2S. The van der Waals surface area contributed by atoms with Crippen LogP contribution in [0.15, 0.2) is 40.4 Å². The number of hydrogen-bond donors (Lipinski definition) is 1. The first kappa shape index (κ1) is 15.0. The van der Waals surface area contributed by atoms with Crippen LogP contribution < -0.4 is 5.32 Å². The van der Waals surface area contributed by atoms with E-state index in [2.05, 4.69) is 20.3 Å². The Morgan fingerprint density at radius 3 is 3.04 bits per heavy atom. The van der Waals surface area contributed by atoms with Gasteiger partial charge in [-0.3, -0.25) is 9.78 Å². The summed E-state index contributed by atoms with van der Waals surface area (Å²) in [5.74, 6) is 1.88. The molecule has 0 radical (unpaired) electrons. The van der Waals surface area contributed by atoms with Gasteiger partial charge in [-0.05, 0) is 25.0 Å². The zero-order chi connectivity index (χ0) is 16.4. The predicted octanol–water partition coefficient (Wildman–Crippen LogP) is 2.93. The molecule has 0 aromatic carbocycles. The fraction of sp³-hybridized carbons (Fsp3) is 0.294. The molecule has 3 heterocycles. The van der Waals surface area contributed by atoms with E-state index in [1.807, 2.05) is 23.6 Å². The van der Waals surface area contributed by atoms with E-state index < -0.39 is 0 Å². The molecular weight excluding hydrogens is 324 g/mol. The van der Waals surface area contributed by atoms with Gasteiger partial charge in [0.05, 0.1) is 30.6 Å². The van der Waals surface area contributed by atoms with E-state index in [9.17, 15) is 4.79 Å². The zero-order valence-electron chi connectivity index (χ0n) is 12.9. The van der Waals surface area contributed by atoms with Crippen LogP contribution in [-0.4, -0.2) is 20.9 Å². The van der Waals surface area contributed by atoms with Crippen molar-refractivity contribution in [3.63, 3.8) is 0 Å². The second-order valence-corrected chi connectivity index (χ2v) is 6.61. The third-order valence-corrected chi connectivity index (χ3v) is 4.65. The van der Waals surface area contributed by atoms with Crippen LogP contribution in [0.3, 0.4) is 0 Å². The SMILES string of the molecule is O=C(Cc1csc(-c2ccccn2)n1)NCc1cnc(C2CC2)o1. The Hall–Kier alpha value is -2.54. The van der Waals surface area contributed by atoms with Crippen LogP contribution in [0.25, 0.3) is 10.7 Å². The Balaban J connectivity index is 1.31. The van der Waals surface area contributed by atoms with Gasteiger partial charge in [-0.2, -0.15) is 0 Å². The highest BCUT2D eigenvalue weighted by molar-refractivity contribution is 7.13. The lowest BCUT2D eigenvalue weighted by Gasteiger charge is -2.01. The second kappa shape index (κ2) is 6.52. The van der Waals surface area contributed by atoms with Crippen LogP contribution in [0.2, 0.25) is 0 Å². The van der Waals surface area contributed by atoms with Crippen molar-refractivity contribution >= 4 is 17.2 Å². The van der Waals surface area contributed by atoms with Crippen molar-refractivity contribution in [2.45, 2.75) is 31.7 Å². The number of rotatable bonds is 6. The summed E-state index contributed by atoms with van der Waals surface area (Å²) < 4.78 is 5.62. The monoisotopic (exact) mass is 340 g/mol. The van der Waals surface area contributed by atoms with E-state index in [4.69, 9.17) is 4.42 Å². The van der Waals surface area contributed by atoms with Crippen molar-refractivity contribution in [2.75, 3.05) is 0 Å². The molecule has 1 aliphatic carbocycles. The van der Waals surface area contributed by atoms with Crippen molar-refractivity contribution < 1.29 is 9.21 Å². The molecule has 0 aliphatic heterocycles. The lowest BCUT2D eigenvalue weighted by Crippen LogP contribution is -2.24. The highest BCUT2D eigenvalue weighted by Gasteiger charge is 2.28. The largest absolute Gasteiger partial charge is 0.444 e. The first-order valence-corrected chi connectivity index (χ1v) is 8.73. The number of pyridine rings is 1. The lowest BCUT2D eigenvalue weighted by atomic mass is 10.3. The molecule has 1 fully saturated rings. The number of thiazole rings is 1. The molecule has 0 atom stereocenters. The molecule has 4 rings (SSSR count). The third-order valence-electron chi connectivity index (χ3n) is 3.74. The summed E-state index contributed by atoms with van der Waals surface area (Å²) in [6, 6.07) is 5.69. The topological polar surface area (TPSA) is 80.9 Å². The van der Waals surface area contributed by atoms with Crippen molar-refractivity contribution in [1.82, 2.24) is 20.3 Å². The molecule has 1 N–H and O–H groups in total. The molecule has 6 nitrogen and oxygen atoms in total. The van der Waals surface area contributed by atoms with E-state index >= 15 is 0 Å². The number of hydrogen-bond acceptors (Lipinski definition) is 6. The Bertz CT molecular complexity index is 839. The minimum Gasteiger partial charge on any atom is -0.444 e. The number of oxazole rings is 1. The minimum absolute atomic E-state index is 0.0859. The van der Waals surface area contributed by atoms with Gasteiger partial charge in [0.2, 0.25) is 5.91 Å². The highest BCUT2D eigenvalue weighted by Crippen LogP contribution is 2.39. The standard InChI is InChI=1S/C17H16N4O2S/c22-15(19-8-13-9-20-16(23-13)11-4-5-11)7-12-10-24-17(21-12)14-3-1-2-6-18-14/h1-3,6,9-11H,4-5,7-8H2,(H,19,22). The number of amides is 1. The average molecular weight is 340 g/mol. The first-order valence-electron chi connectivity index (χ1n) is 7.85. The van der Waals surface area contributed by atoms with Crippen LogP contribution in [0.1, 0.15) is 36.1 Å². The van der Waals surface area contributed by atoms with Crippen LogP contribution in [-0.2, 0) is 17.8 Å². The highest BCUT2D eigenvalue weighted by atomic mass is 32.1. The van der Waals surface area contributed by atoms with E-state index in [0.717, 1.165) is 35.1 Å². The second-order valence-electron chi connectivity index (χ2n) is 5.75. The molecule has 0 spiro atoms. The molecule has 3 aromatic rings. The number of carbonyl (C=O) groups is 1. The maximum atomic E-state index is 12.1. The van der Waals surface area contributed by atoms with Crippen molar-refractivity contribution in [1.29, 1.82) is 0 Å². The molecule has 3 aromatic heterocycles. The van der Waals surface area contributed by atoms with Gasteiger partial charge in [-0.1, -0.05) is 6.07 Å². The number of aromatic nitrogens is 3. The van der Waals surface area contributed by atoms with Gasteiger partial charge in [-0.25, -0.2) is 9.97 Å². The van der Waals surface area contributed by atoms with Crippen molar-refractivity contribution in [2.24, 2.45) is 0 Å². The molecule has 0 bridgehead atoms. The maximum Gasteiger partial charge on any atom is 0.226 e. The van der Waals surface area contributed by atoms with E-state index in [0.29, 0.717) is 18.2 Å². The molecule has 122 valence electrons. The lowest BCUT2D eigenvalue weighted by molar-refractivity contribution is -0.120. The smallest absolute Gasteiger partial charge is 0.226 e. The van der Waals surface area contributed by atoms with Crippen LogP contribution in [0.5, 0.6) is 0 Å². The summed E-state index contributed by atoms with van der Waals surface area (Å²) in [5, 5.41) is 5.56. The average Bonchev–Trinajstić information content (AvgIpc) is 3.17. The van der Waals surface area contributed by atoms with Gasteiger partial charge in [0.1, 0.15) is 10.8 Å². The summed E-state index contributed by atoms with van der Waals surface area (Å²) in [4.78, 5) is 25.0. The zero-order valence-corrected chi connectivity index (χ0v) is 13.8. The van der Waals surface area contributed by atoms with Gasteiger partial charge in [0, 0.05) is 17.5 Å². The molecule has 0 saturated heterocycles. The summed E-state index contributed by atoms with van der Waals surface area (Å²) in [6.07, 6.45) is 5.96. The first-order chi connectivity index (χ1) is 11.8. The van der Waals surface area contributed by atoms with Crippen LogP contribution in [0, 0.1) is 0 Å². The molecule has 24 heavy (non-hydrogen) atoms. The fourth-order valence-electron chi connectivity index (χ4n) is 2.33. The van der Waals surface area contributed by atoms with E-state index in [1.165, 1.54) is 11.3 Å². The number of nitrogens with one attached hydrogen (secondary N) is 1. The number of carbonyl (C=O) groups excluding carboxylic acids is 1. The van der Waals surface area contributed by atoms with E-state index in [1.54, 1.807) is 12.4 Å². The quantitative estimate of drug-likeness (QED) is 0.746. The van der Waals surface area contributed by atoms with Crippen LogP contribution >= 0.6 is 11.3 Å². The summed E-state index contributed by atoms with van der Waals surface area (Å²) in [7, 11) is 0. The molecule has 1 saturated carbocycles. The predicted molar refractivity (Wildman–Crippen MR) is 89.4 cm³/mol. The van der Waals surface area contributed by atoms with Crippen LogP contribution in [0.4, 0.5) is 0 Å².